The van der Waals surface area contributed by atoms with E-state index in [1.54, 1.807) is 54.6 Å². The van der Waals surface area contributed by atoms with Crippen molar-refractivity contribution in [3.8, 4) is 11.1 Å². The lowest BCUT2D eigenvalue weighted by molar-refractivity contribution is -0.138. The second kappa shape index (κ2) is 10.5. The van der Waals surface area contributed by atoms with Crippen LogP contribution in [0.25, 0.3) is 11.1 Å². The van der Waals surface area contributed by atoms with Gasteiger partial charge in [0.1, 0.15) is 5.82 Å². The lowest BCUT2D eigenvalue weighted by atomic mass is 10.0. The molecule has 4 N–H and O–H groups in total. The van der Waals surface area contributed by atoms with E-state index in [2.05, 4.69) is 0 Å². The zero-order valence-corrected chi connectivity index (χ0v) is 19.6. The third-order valence-corrected chi connectivity index (χ3v) is 6.10. The van der Waals surface area contributed by atoms with E-state index in [0.717, 1.165) is 39.1 Å². The first-order valence-corrected chi connectivity index (χ1v) is 11.4. The van der Waals surface area contributed by atoms with Gasteiger partial charge in [-0.2, -0.15) is 13.2 Å². The summed E-state index contributed by atoms with van der Waals surface area (Å²) in [4.78, 5) is 26.8. The standard InChI is InChI=1S/C27H24F4N4O2/c28-23-8-4-7-22(27(29,30)31)21(23)15-34-14-20(18-11-9-17(13-32)10-12-18)25(36)35(26(34)37)16-24(33)19-5-2-1-3-6-19/h1-12,14,24H,13,15-16,32-33H2/t24-/m0/s1. The molecule has 0 radical (unpaired) electrons. The minimum absolute atomic E-state index is 0.0494. The van der Waals surface area contributed by atoms with Crippen molar-refractivity contribution in [3.05, 3.63) is 128 Å². The molecule has 0 saturated heterocycles. The van der Waals surface area contributed by atoms with Gasteiger partial charge in [0, 0.05) is 24.3 Å². The number of nitrogens with zero attached hydrogens (tertiary/aromatic N) is 2. The summed E-state index contributed by atoms with van der Waals surface area (Å²) in [6.07, 6.45) is -3.69. The van der Waals surface area contributed by atoms with Gasteiger partial charge in [-0.1, -0.05) is 60.7 Å². The number of rotatable bonds is 7. The van der Waals surface area contributed by atoms with Crippen molar-refractivity contribution >= 4 is 0 Å². The number of aromatic nitrogens is 2. The Balaban J connectivity index is 1.89. The van der Waals surface area contributed by atoms with E-state index in [-0.39, 0.29) is 18.7 Å². The SMILES string of the molecule is NCc1ccc(-c2cn(Cc3c(F)cccc3C(F)(F)F)c(=O)n(C[C@H](N)c3ccccc3)c2=O)cc1. The Morgan fingerprint density at radius 3 is 2.19 bits per heavy atom. The Bertz CT molecular complexity index is 1510. The van der Waals surface area contributed by atoms with E-state index in [0.29, 0.717) is 11.1 Å². The molecule has 3 aromatic carbocycles. The molecule has 1 aromatic heterocycles. The van der Waals surface area contributed by atoms with Gasteiger partial charge in [0.05, 0.1) is 24.2 Å². The van der Waals surface area contributed by atoms with Crippen LogP contribution in [0.15, 0.2) is 88.6 Å². The monoisotopic (exact) mass is 512 g/mol. The number of benzene rings is 3. The van der Waals surface area contributed by atoms with Crippen LogP contribution in [-0.2, 0) is 25.8 Å². The first-order chi connectivity index (χ1) is 17.6. The molecule has 0 aliphatic carbocycles. The minimum atomic E-state index is -4.84. The van der Waals surface area contributed by atoms with Crippen molar-refractivity contribution in [2.24, 2.45) is 11.5 Å². The summed E-state index contributed by atoms with van der Waals surface area (Å²) < 4.78 is 57.2. The van der Waals surface area contributed by atoms with Crippen LogP contribution in [0.3, 0.4) is 0 Å². The number of hydrogen-bond donors (Lipinski definition) is 2. The molecule has 0 aliphatic heterocycles. The van der Waals surface area contributed by atoms with E-state index in [1.165, 1.54) is 0 Å². The number of halogens is 4. The molecule has 4 rings (SSSR count). The zero-order chi connectivity index (χ0) is 26.7. The van der Waals surface area contributed by atoms with Crippen molar-refractivity contribution in [2.45, 2.75) is 31.9 Å². The van der Waals surface area contributed by atoms with Crippen LogP contribution in [0.4, 0.5) is 17.6 Å². The third kappa shape index (κ3) is 5.55. The molecule has 0 saturated carbocycles. The van der Waals surface area contributed by atoms with Crippen molar-refractivity contribution < 1.29 is 17.6 Å². The molecule has 0 bridgehead atoms. The van der Waals surface area contributed by atoms with Gasteiger partial charge in [0.2, 0.25) is 0 Å². The molecule has 192 valence electrons. The topological polar surface area (TPSA) is 96.0 Å². The van der Waals surface area contributed by atoms with Crippen LogP contribution < -0.4 is 22.7 Å². The van der Waals surface area contributed by atoms with Gasteiger partial charge >= 0.3 is 11.9 Å². The van der Waals surface area contributed by atoms with Crippen molar-refractivity contribution in [2.75, 3.05) is 0 Å². The molecule has 0 unspecified atom stereocenters. The smallest absolute Gasteiger partial charge is 0.326 e. The number of nitrogens with two attached hydrogens (primary N) is 2. The molecule has 0 fully saturated rings. The highest BCUT2D eigenvalue weighted by molar-refractivity contribution is 5.62. The van der Waals surface area contributed by atoms with E-state index in [1.807, 2.05) is 0 Å². The lowest BCUT2D eigenvalue weighted by Crippen LogP contribution is -2.42. The summed E-state index contributed by atoms with van der Waals surface area (Å²) in [5.41, 5.74) is 10.3. The fourth-order valence-corrected chi connectivity index (χ4v) is 4.10. The van der Waals surface area contributed by atoms with Crippen LogP contribution >= 0.6 is 0 Å². The van der Waals surface area contributed by atoms with E-state index >= 15 is 0 Å². The predicted molar refractivity (Wildman–Crippen MR) is 132 cm³/mol. The highest BCUT2D eigenvalue weighted by Gasteiger charge is 2.34. The zero-order valence-electron chi connectivity index (χ0n) is 19.6. The van der Waals surface area contributed by atoms with E-state index < -0.39 is 47.0 Å². The van der Waals surface area contributed by atoms with Gasteiger partial charge in [0.25, 0.3) is 5.56 Å². The van der Waals surface area contributed by atoms with Crippen molar-refractivity contribution in [1.82, 2.24) is 9.13 Å². The average molecular weight is 513 g/mol. The minimum Gasteiger partial charge on any atom is -0.326 e. The van der Waals surface area contributed by atoms with Crippen molar-refractivity contribution in [1.29, 1.82) is 0 Å². The first kappa shape index (κ1) is 26.1. The summed E-state index contributed by atoms with van der Waals surface area (Å²) in [6, 6.07) is 17.2. The second-order valence-electron chi connectivity index (χ2n) is 8.55. The molecule has 0 aliphatic rings. The number of hydrogen-bond acceptors (Lipinski definition) is 4. The van der Waals surface area contributed by atoms with Gasteiger partial charge in [-0.15, -0.1) is 0 Å². The predicted octanol–water partition coefficient (Wildman–Crippen LogP) is 4.04. The summed E-state index contributed by atoms with van der Waals surface area (Å²) in [5, 5.41) is 0. The quantitative estimate of drug-likeness (QED) is 0.366. The van der Waals surface area contributed by atoms with Gasteiger partial charge in [-0.25, -0.2) is 9.18 Å². The van der Waals surface area contributed by atoms with E-state index in [9.17, 15) is 27.2 Å². The molecular formula is C27H24F4N4O2. The Kier molecular flexibility index (Phi) is 7.42. The molecule has 0 amide bonds. The summed E-state index contributed by atoms with van der Waals surface area (Å²) >= 11 is 0. The van der Waals surface area contributed by atoms with Gasteiger partial charge in [0.15, 0.2) is 0 Å². The van der Waals surface area contributed by atoms with Gasteiger partial charge in [-0.3, -0.25) is 13.9 Å². The number of alkyl halides is 3. The summed E-state index contributed by atoms with van der Waals surface area (Å²) in [6.45, 7) is -0.710. The third-order valence-electron chi connectivity index (χ3n) is 6.10. The fourth-order valence-electron chi connectivity index (χ4n) is 4.10. The van der Waals surface area contributed by atoms with Crippen LogP contribution in [0.1, 0.15) is 28.3 Å². The maximum Gasteiger partial charge on any atom is 0.416 e. The van der Waals surface area contributed by atoms with Crippen LogP contribution in [0.5, 0.6) is 0 Å². The first-order valence-electron chi connectivity index (χ1n) is 11.4. The van der Waals surface area contributed by atoms with Gasteiger partial charge < -0.3 is 11.5 Å². The Morgan fingerprint density at radius 2 is 1.57 bits per heavy atom. The lowest BCUT2D eigenvalue weighted by Gasteiger charge is -2.19. The maximum atomic E-state index is 14.6. The molecule has 4 aromatic rings. The largest absolute Gasteiger partial charge is 0.416 e. The second-order valence-corrected chi connectivity index (χ2v) is 8.55. The molecular weight excluding hydrogens is 488 g/mol. The molecule has 1 atom stereocenters. The summed E-state index contributed by atoms with van der Waals surface area (Å²) in [5.74, 6) is -1.12. The van der Waals surface area contributed by atoms with Crippen molar-refractivity contribution in [3.63, 3.8) is 0 Å². The Hall–Kier alpha value is -4.02. The van der Waals surface area contributed by atoms with Crippen LogP contribution in [-0.4, -0.2) is 9.13 Å². The highest BCUT2D eigenvalue weighted by Crippen LogP contribution is 2.33. The maximum absolute atomic E-state index is 14.6. The Morgan fingerprint density at radius 1 is 0.892 bits per heavy atom. The highest BCUT2D eigenvalue weighted by atomic mass is 19.4. The Labute approximate surface area is 209 Å². The van der Waals surface area contributed by atoms with Gasteiger partial charge in [-0.05, 0) is 28.8 Å². The van der Waals surface area contributed by atoms with Crippen LogP contribution in [0, 0.1) is 5.82 Å². The summed E-state index contributed by atoms with van der Waals surface area (Å²) in [7, 11) is 0. The molecule has 37 heavy (non-hydrogen) atoms. The average Bonchev–Trinajstić information content (AvgIpc) is 2.89. The van der Waals surface area contributed by atoms with E-state index in [4.69, 9.17) is 11.5 Å². The molecule has 10 heteroatoms. The molecule has 6 nitrogen and oxygen atoms in total. The normalized spacial score (nSPS) is 12.5. The fraction of sp³-hybridized carbons (Fsp3) is 0.185. The molecule has 1 heterocycles. The molecule has 0 spiro atoms. The van der Waals surface area contributed by atoms with Crippen LogP contribution in [0.2, 0.25) is 0 Å².